The Kier molecular flexibility index (Phi) is 5.60. The van der Waals surface area contributed by atoms with Crippen LogP contribution in [0, 0.1) is 0 Å². The third-order valence-electron chi connectivity index (χ3n) is 3.77. The lowest BCUT2D eigenvalue weighted by molar-refractivity contribution is 0.0247. The van der Waals surface area contributed by atoms with Gasteiger partial charge in [-0.05, 0) is 26.3 Å². The van der Waals surface area contributed by atoms with Crippen LogP contribution in [0.5, 0.6) is 0 Å². The van der Waals surface area contributed by atoms with E-state index in [9.17, 15) is 0 Å². The summed E-state index contributed by atoms with van der Waals surface area (Å²) in [5.41, 5.74) is 0. The normalized spacial score (nSPS) is 35.3. The van der Waals surface area contributed by atoms with E-state index in [2.05, 4.69) is 28.9 Å². The number of nitrogens with one attached hydrogen (secondary N) is 1. The first-order chi connectivity index (χ1) is 8.31. The molecule has 2 rings (SSSR count). The highest BCUT2D eigenvalue weighted by Gasteiger charge is 2.28. The van der Waals surface area contributed by atoms with Crippen molar-refractivity contribution in [3.8, 4) is 0 Å². The molecule has 0 radical (unpaired) electrons. The van der Waals surface area contributed by atoms with E-state index in [-0.39, 0.29) is 0 Å². The lowest BCUT2D eigenvalue weighted by Gasteiger charge is -2.33. The largest absolute Gasteiger partial charge is 0.372 e. The molecule has 0 bridgehead atoms. The van der Waals surface area contributed by atoms with Gasteiger partial charge in [0.15, 0.2) is 0 Å². The minimum atomic E-state index is 0.450. The van der Waals surface area contributed by atoms with Crippen LogP contribution < -0.4 is 5.32 Å². The van der Waals surface area contributed by atoms with Crippen LogP contribution in [0.4, 0.5) is 0 Å². The standard InChI is InChI=1S/C13H26N2OS/c1-3-13-10-15(6-7-17-13)9-12-5-4-11(16-12)8-14-2/h11-14H,3-10H2,1-2H3. The first kappa shape index (κ1) is 13.7. The second-order valence-electron chi connectivity index (χ2n) is 5.18. The van der Waals surface area contributed by atoms with Crippen LogP contribution in [0.1, 0.15) is 26.2 Å². The summed E-state index contributed by atoms with van der Waals surface area (Å²) >= 11 is 2.14. The van der Waals surface area contributed by atoms with E-state index in [1.807, 2.05) is 7.05 Å². The first-order valence-corrected chi connectivity index (χ1v) is 8.00. The Labute approximate surface area is 110 Å². The van der Waals surface area contributed by atoms with E-state index >= 15 is 0 Å². The Morgan fingerprint density at radius 2 is 2.18 bits per heavy atom. The Morgan fingerprint density at radius 3 is 2.94 bits per heavy atom. The molecule has 0 aromatic carbocycles. The average Bonchev–Trinajstić information content (AvgIpc) is 2.77. The molecule has 0 spiro atoms. The molecule has 2 saturated heterocycles. The van der Waals surface area contributed by atoms with E-state index in [1.54, 1.807) is 0 Å². The van der Waals surface area contributed by atoms with Crippen molar-refractivity contribution in [2.75, 3.05) is 39.0 Å². The van der Waals surface area contributed by atoms with Crippen LogP contribution in [-0.2, 0) is 4.74 Å². The Hall–Kier alpha value is 0.230. The van der Waals surface area contributed by atoms with Gasteiger partial charge in [-0.25, -0.2) is 0 Å². The van der Waals surface area contributed by atoms with Gasteiger partial charge >= 0.3 is 0 Å². The topological polar surface area (TPSA) is 24.5 Å². The summed E-state index contributed by atoms with van der Waals surface area (Å²) in [4.78, 5) is 2.61. The third kappa shape index (κ3) is 4.12. The fourth-order valence-electron chi connectivity index (χ4n) is 2.77. The van der Waals surface area contributed by atoms with Crippen molar-refractivity contribution in [2.45, 2.75) is 43.6 Å². The quantitative estimate of drug-likeness (QED) is 0.809. The minimum Gasteiger partial charge on any atom is -0.372 e. The van der Waals surface area contributed by atoms with Crippen molar-refractivity contribution in [1.29, 1.82) is 0 Å². The van der Waals surface area contributed by atoms with Crippen molar-refractivity contribution in [2.24, 2.45) is 0 Å². The second kappa shape index (κ2) is 6.98. The van der Waals surface area contributed by atoms with Crippen molar-refractivity contribution < 1.29 is 4.74 Å². The summed E-state index contributed by atoms with van der Waals surface area (Å²) in [6.07, 6.45) is 4.70. The highest BCUT2D eigenvalue weighted by molar-refractivity contribution is 8.00. The lowest BCUT2D eigenvalue weighted by atomic mass is 10.2. The van der Waals surface area contributed by atoms with Crippen LogP contribution >= 0.6 is 11.8 Å². The molecule has 2 heterocycles. The average molecular weight is 258 g/mol. The van der Waals surface area contributed by atoms with Gasteiger partial charge in [-0.15, -0.1) is 0 Å². The Bertz CT molecular complexity index is 227. The number of likely N-dealkylation sites (N-methyl/N-ethyl adjacent to an activating group) is 1. The molecule has 3 unspecified atom stereocenters. The molecule has 3 atom stereocenters. The summed E-state index contributed by atoms with van der Waals surface area (Å²) in [5, 5.41) is 4.05. The highest BCUT2D eigenvalue weighted by Crippen LogP contribution is 2.24. The smallest absolute Gasteiger partial charge is 0.0707 e. The molecule has 0 aliphatic carbocycles. The number of hydrogen-bond acceptors (Lipinski definition) is 4. The van der Waals surface area contributed by atoms with Gasteiger partial charge in [-0.1, -0.05) is 6.92 Å². The monoisotopic (exact) mass is 258 g/mol. The van der Waals surface area contributed by atoms with Crippen LogP contribution in [0.3, 0.4) is 0 Å². The zero-order valence-corrected chi connectivity index (χ0v) is 12.0. The van der Waals surface area contributed by atoms with Gasteiger partial charge in [-0.2, -0.15) is 11.8 Å². The second-order valence-corrected chi connectivity index (χ2v) is 6.58. The molecule has 0 aromatic heterocycles. The Morgan fingerprint density at radius 1 is 1.35 bits per heavy atom. The predicted octanol–water partition coefficient (Wildman–Crippen LogP) is 1.58. The van der Waals surface area contributed by atoms with E-state index in [4.69, 9.17) is 4.74 Å². The molecule has 0 aromatic rings. The predicted molar refractivity (Wildman–Crippen MR) is 74.8 cm³/mol. The van der Waals surface area contributed by atoms with Gasteiger partial charge in [0.25, 0.3) is 0 Å². The molecule has 2 fully saturated rings. The fourth-order valence-corrected chi connectivity index (χ4v) is 4.02. The number of nitrogens with zero attached hydrogens (tertiary/aromatic N) is 1. The molecule has 2 aliphatic rings. The van der Waals surface area contributed by atoms with Gasteiger partial charge < -0.3 is 10.1 Å². The van der Waals surface area contributed by atoms with Crippen molar-refractivity contribution in [1.82, 2.24) is 10.2 Å². The fraction of sp³-hybridized carbons (Fsp3) is 1.00. The van der Waals surface area contributed by atoms with Gasteiger partial charge in [0.1, 0.15) is 0 Å². The van der Waals surface area contributed by atoms with Crippen molar-refractivity contribution in [3.63, 3.8) is 0 Å². The third-order valence-corrected chi connectivity index (χ3v) is 5.14. The molecule has 0 saturated carbocycles. The zero-order valence-electron chi connectivity index (χ0n) is 11.2. The van der Waals surface area contributed by atoms with Crippen LogP contribution in [-0.4, -0.2) is 61.3 Å². The maximum absolute atomic E-state index is 6.06. The molecule has 17 heavy (non-hydrogen) atoms. The minimum absolute atomic E-state index is 0.450. The highest BCUT2D eigenvalue weighted by atomic mass is 32.2. The van der Waals surface area contributed by atoms with E-state index in [1.165, 1.54) is 38.1 Å². The van der Waals surface area contributed by atoms with E-state index < -0.39 is 0 Å². The summed E-state index contributed by atoms with van der Waals surface area (Å²) in [6.45, 7) is 6.97. The molecule has 100 valence electrons. The Balaban J connectivity index is 1.70. The maximum atomic E-state index is 6.06. The summed E-state index contributed by atoms with van der Waals surface area (Å²) < 4.78 is 6.06. The molecular weight excluding hydrogens is 232 g/mol. The van der Waals surface area contributed by atoms with Gasteiger partial charge in [0.2, 0.25) is 0 Å². The van der Waals surface area contributed by atoms with Crippen molar-refractivity contribution >= 4 is 11.8 Å². The molecule has 1 N–H and O–H groups in total. The van der Waals surface area contributed by atoms with Gasteiger partial charge in [0.05, 0.1) is 12.2 Å². The van der Waals surface area contributed by atoms with Crippen molar-refractivity contribution in [3.05, 3.63) is 0 Å². The SMILES string of the molecule is CCC1CN(CC2CCC(CNC)O2)CCS1. The number of ether oxygens (including phenoxy) is 1. The van der Waals surface area contributed by atoms with Gasteiger partial charge in [0, 0.05) is 37.2 Å². The summed E-state index contributed by atoms with van der Waals surface area (Å²) in [6, 6.07) is 0. The number of hydrogen-bond donors (Lipinski definition) is 1. The van der Waals surface area contributed by atoms with E-state index in [0.29, 0.717) is 12.2 Å². The molecule has 0 amide bonds. The molecule has 3 nitrogen and oxygen atoms in total. The maximum Gasteiger partial charge on any atom is 0.0707 e. The van der Waals surface area contributed by atoms with Crippen LogP contribution in [0.15, 0.2) is 0 Å². The van der Waals surface area contributed by atoms with Crippen LogP contribution in [0.25, 0.3) is 0 Å². The zero-order chi connectivity index (χ0) is 12.1. The number of thioether (sulfide) groups is 1. The van der Waals surface area contributed by atoms with E-state index in [0.717, 1.165) is 18.3 Å². The lowest BCUT2D eigenvalue weighted by Crippen LogP contribution is -2.42. The summed E-state index contributed by atoms with van der Waals surface area (Å²) in [7, 11) is 2.00. The molecule has 4 heteroatoms. The molecular formula is C13H26N2OS. The van der Waals surface area contributed by atoms with Gasteiger partial charge in [-0.3, -0.25) is 4.90 Å². The molecule has 2 aliphatic heterocycles. The summed E-state index contributed by atoms with van der Waals surface area (Å²) in [5.74, 6) is 1.30. The first-order valence-electron chi connectivity index (χ1n) is 6.95. The number of rotatable bonds is 5. The van der Waals surface area contributed by atoms with Crippen LogP contribution in [0.2, 0.25) is 0 Å².